The first kappa shape index (κ1) is 13.2. The van der Waals surface area contributed by atoms with Gasteiger partial charge in [0, 0.05) is 12.3 Å². The van der Waals surface area contributed by atoms with E-state index >= 15 is 0 Å². The van der Waals surface area contributed by atoms with E-state index in [4.69, 9.17) is 17.3 Å². The lowest BCUT2D eigenvalue weighted by Gasteiger charge is -2.09. The molecule has 5 nitrogen and oxygen atoms in total. The van der Waals surface area contributed by atoms with Crippen molar-refractivity contribution in [2.24, 2.45) is 5.73 Å². The summed E-state index contributed by atoms with van der Waals surface area (Å²) in [5.41, 5.74) is 4.68. The molecular weight excluding hydrogens is 280 g/mol. The van der Waals surface area contributed by atoms with Crippen LogP contribution in [0.25, 0.3) is 11.3 Å². The molecule has 0 spiro atoms. The van der Waals surface area contributed by atoms with E-state index in [1.807, 2.05) is 0 Å². The van der Waals surface area contributed by atoms with Crippen molar-refractivity contribution in [1.29, 1.82) is 0 Å². The van der Waals surface area contributed by atoms with Crippen LogP contribution in [0.5, 0.6) is 5.75 Å². The van der Waals surface area contributed by atoms with Crippen molar-refractivity contribution >= 4 is 17.7 Å². The van der Waals surface area contributed by atoms with Crippen LogP contribution in [-0.4, -0.2) is 16.1 Å². The Morgan fingerprint density at radius 1 is 1.37 bits per heavy atom. The van der Waals surface area contributed by atoms with Gasteiger partial charge in [0.05, 0.1) is 11.8 Å². The third-order valence-electron chi connectivity index (χ3n) is 2.13. The summed E-state index contributed by atoms with van der Waals surface area (Å²) in [6.45, 7) is 0. The molecule has 0 bridgehead atoms. The van der Waals surface area contributed by atoms with Crippen molar-refractivity contribution in [3.05, 3.63) is 41.3 Å². The number of halogens is 3. The van der Waals surface area contributed by atoms with Crippen LogP contribution in [0.1, 0.15) is 0 Å². The molecule has 0 atom stereocenters. The Balaban J connectivity index is 2.61. The number of nitrogens with zero attached hydrogens (tertiary/aromatic N) is 2. The van der Waals surface area contributed by atoms with Crippen LogP contribution in [0, 0.1) is 11.6 Å². The van der Waals surface area contributed by atoms with Crippen LogP contribution in [0.4, 0.5) is 13.6 Å². The zero-order valence-corrected chi connectivity index (χ0v) is 9.99. The molecule has 0 aliphatic rings. The van der Waals surface area contributed by atoms with Gasteiger partial charge in [-0.2, -0.15) is 0 Å². The zero-order valence-electron chi connectivity index (χ0n) is 9.23. The number of nitrogens with two attached hydrogens (primary N) is 1. The van der Waals surface area contributed by atoms with Gasteiger partial charge in [0.2, 0.25) is 0 Å². The number of primary amides is 1. The normalized spacial score (nSPS) is 10.3. The van der Waals surface area contributed by atoms with Crippen LogP contribution < -0.4 is 10.5 Å². The number of amides is 1. The molecule has 0 unspecified atom stereocenters. The lowest BCUT2D eigenvalue weighted by atomic mass is 10.1. The maximum atomic E-state index is 13.6. The van der Waals surface area contributed by atoms with Gasteiger partial charge in [-0.1, -0.05) is 11.6 Å². The molecule has 0 saturated carbocycles. The van der Waals surface area contributed by atoms with E-state index in [0.29, 0.717) is 6.07 Å². The van der Waals surface area contributed by atoms with Crippen molar-refractivity contribution in [3.8, 4) is 17.0 Å². The van der Waals surface area contributed by atoms with E-state index in [0.717, 1.165) is 6.20 Å². The summed E-state index contributed by atoms with van der Waals surface area (Å²) in [5.74, 6) is -2.01. The Labute approximate surface area is 111 Å². The maximum Gasteiger partial charge on any atom is 0.410 e. The first-order chi connectivity index (χ1) is 8.99. The molecule has 2 heterocycles. The molecule has 0 fully saturated rings. The molecule has 98 valence electrons. The third-order valence-corrected chi connectivity index (χ3v) is 2.40. The summed E-state index contributed by atoms with van der Waals surface area (Å²) in [5, 5.41) is -0.193. The van der Waals surface area contributed by atoms with Gasteiger partial charge in [-0.3, -0.25) is 0 Å². The van der Waals surface area contributed by atoms with Crippen LogP contribution >= 0.6 is 11.6 Å². The molecule has 2 aromatic heterocycles. The fourth-order valence-corrected chi connectivity index (χ4v) is 1.62. The first-order valence-electron chi connectivity index (χ1n) is 4.92. The Morgan fingerprint density at radius 3 is 2.74 bits per heavy atom. The van der Waals surface area contributed by atoms with E-state index in [2.05, 4.69) is 14.7 Å². The van der Waals surface area contributed by atoms with Crippen LogP contribution in [0.2, 0.25) is 5.15 Å². The number of aromatic nitrogens is 2. The summed E-state index contributed by atoms with van der Waals surface area (Å²) in [7, 11) is 0. The highest BCUT2D eigenvalue weighted by molar-refractivity contribution is 6.31. The molecule has 19 heavy (non-hydrogen) atoms. The second-order valence-corrected chi connectivity index (χ2v) is 3.74. The minimum absolute atomic E-state index is 0.0382. The van der Waals surface area contributed by atoms with E-state index in [1.54, 1.807) is 0 Å². The second-order valence-electron chi connectivity index (χ2n) is 3.38. The van der Waals surface area contributed by atoms with Gasteiger partial charge in [-0.25, -0.2) is 23.5 Å². The third kappa shape index (κ3) is 2.76. The smallest absolute Gasteiger partial charge is 0.406 e. The first-order valence-corrected chi connectivity index (χ1v) is 5.30. The van der Waals surface area contributed by atoms with Gasteiger partial charge in [0.25, 0.3) is 0 Å². The Bertz CT molecular complexity index is 652. The average Bonchev–Trinajstić information content (AvgIpc) is 2.32. The van der Waals surface area contributed by atoms with Crippen LogP contribution in [0.3, 0.4) is 0 Å². The van der Waals surface area contributed by atoms with Crippen molar-refractivity contribution < 1.29 is 18.3 Å². The Hall–Kier alpha value is -2.28. The second kappa shape index (κ2) is 5.15. The minimum Gasteiger partial charge on any atom is -0.406 e. The highest BCUT2D eigenvalue weighted by Crippen LogP contribution is 2.34. The van der Waals surface area contributed by atoms with Crippen molar-refractivity contribution in [2.45, 2.75) is 0 Å². The highest BCUT2D eigenvalue weighted by atomic mass is 35.5. The number of hydrogen-bond acceptors (Lipinski definition) is 4. The molecule has 0 saturated heterocycles. The summed E-state index contributed by atoms with van der Waals surface area (Å²) >= 11 is 5.74. The minimum atomic E-state index is -1.14. The Morgan fingerprint density at radius 2 is 2.11 bits per heavy atom. The van der Waals surface area contributed by atoms with Crippen molar-refractivity contribution in [3.63, 3.8) is 0 Å². The summed E-state index contributed by atoms with van der Waals surface area (Å²) < 4.78 is 31.1. The fraction of sp³-hybridized carbons (Fsp3) is 0. The molecule has 1 amide bonds. The van der Waals surface area contributed by atoms with E-state index in [-0.39, 0.29) is 22.2 Å². The SMILES string of the molecule is NC(=O)Oc1c(-c2ncc(F)cc2F)ccnc1Cl. The number of pyridine rings is 2. The van der Waals surface area contributed by atoms with Gasteiger partial charge in [-0.15, -0.1) is 0 Å². The molecule has 8 heteroatoms. The maximum absolute atomic E-state index is 13.6. The standard InChI is InChI=1S/C11H6ClF2N3O2/c12-10-9(19-11(15)18)6(1-2-16-10)8-7(14)3-5(13)4-17-8/h1-4H,(H2,15,18). The Kier molecular flexibility index (Phi) is 3.57. The quantitative estimate of drug-likeness (QED) is 0.860. The molecule has 0 aliphatic heterocycles. The monoisotopic (exact) mass is 285 g/mol. The number of carbonyl (C=O) groups excluding carboxylic acids is 1. The lowest BCUT2D eigenvalue weighted by molar-refractivity contribution is 0.211. The van der Waals surface area contributed by atoms with Crippen molar-refractivity contribution in [2.75, 3.05) is 0 Å². The summed E-state index contributed by atoms with van der Waals surface area (Å²) in [6, 6.07) is 1.96. The van der Waals surface area contributed by atoms with Gasteiger partial charge < -0.3 is 10.5 Å². The zero-order chi connectivity index (χ0) is 14.0. The van der Waals surface area contributed by atoms with E-state index < -0.39 is 17.7 Å². The van der Waals surface area contributed by atoms with Gasteiger partial charge >= 0.3 is 6.09 Å². The van der Waals surface area contributed by atoms with E-state index in [9.17, 15) is 13.6 Å². The van der Waals surface area contributed by atoms with Crippen LogP contribution in [-0.2, 0) is 0 Å². The van der Waals surface area contributed by atoms with Gasteiger partial charge in [0.15, 0.2) is 16.7 Å². The predicted octanol–water partition coefficient (Wildman–Crippen LogP) is 2.53. The van der Waals surface area contributed by atoms with Gasteiger partial charge in [-0.05, 0) is 6.07 Å². The number of ether oxygens (including phenoxy) is 1. The average molecular weight is 286 g/mol. The number of rotatable bonds is 2. The molecule has 2 rings (SSSR count). The number of carbonyl (C=O) groups is 1. The molecule has 0 aliphatic carbocycles. The van der Waals surface area contributed by atoms with Crippen molar-refractivity contribution in [1.82, 2.24) is 9.97 Å². The molecule has 0 radical (unpaired) electrons. The van der Waals surface area contributed by atoms with Gasteiger partial charge in [0.1, 0.15) is 11.5 Å². The highest BCUT2D eigenvalue weighted by Gasteiger charge is 2.18. The molecule has 0 aromatic carbocycles. The fourth-order valence-electron chi connectivity index (χ4n) is 1.42. The molecular formula is C11H6ClF2N3O2. The largest absolute Gasteiger partial charge is 0.410 e. The lowest BCUT2D eigenvalue weighted by Crippen LogP contribution is -2.17. The topological polar surface area (TPSA) is 78.1 Å². The predicted molar refractivity (Wildman–Crippen MR) is 62.6 cm³/mol. The van der Waals surface area contributed by atoms with E-state index in [1.165, 1.54) is 12.3 Å². The summed E-state index contributed by atoms with van der Waals surface area (Å²) in [4.78, 5) is 18.0. The molecule has 2 N–H and O–H groups in total. The summed E-state index contributed by atoms with van der Waals surface area (Å²) in [6.07, 6.45) is 0.940. The molecule has 2 aromatic rings. The van der Waals surface area contributed by atoms with Crippen LogP contribution in [0.15, 0.2) is 24.5 Å². The number of hydrogen-bond donors (Lipinski definition) is 1.